The minimum absolute atomic E-state index is 0.0186. The van der Waals surface area contributed by atoms with Crippen molar-refractivity contribution in [2.45, 2.75) is 37.1 Å². The highest BCUT2D eigenvalue weighted by molar-refractivity contribution is 7.92. The molecule has 3 rings (SSSR count). The van der Waals surface area contributed by atoms with Crippen LogP contribution in [0.3, 0.4) is 0 Å². The molecule has 11 heteroatoms. The van der Waals surface area contributed by atoms with Crippen molar-refractivity contribution in [3.63, 3.8) is 0 Å². The molecule has 0 aliphatic carbocycles. The van der Waals surface area contributed by atoms with Gasteiger partial charge in [0.05, 0.1) is 33.3 Å². The van der Waals surface area contributed by atoms with Gasteiger partial charge in [-0.05, 0) is 50.2 Å². The molecule has 0 radical (unpaired) electrons. The summed E-state index contributed by atoms with van der Waals surface area (Å²) in [6.07, 6.45) is -5.00. The number of alkyl halides is 3. The van der Waals surface area contributed by atoms with Gasteiger partial charge in [-0.1, -0.05) is 17.7 Å². The van der Waals surface area contributed by atoms with Crippen LogP contribution in [-0.2, 0) is 20.9 Å². The lowest BCUT2D eigenvalue weighted by atomic mass is 10.1. The number of anilines is 1. The molecule has 2 aromatic carbocycles. The third-order valence-corrected chi connectivity index (χ3v) is 6.34. The molecule has 6 nitrogen and oxygen atoms in total. The van der Waals surface area contributed by atoms with Gasteiger partial charge in [-0.3, -0.25) is 9.52 Å². The molecule has 0 aromatic heterocycles. The Morgan fingerprint density at radius 2 is 1.77 bits per heavy atom. The Morgan fingerprint density at radius 1 is 1.13 bits per heavy atom. The second-order valence-electron chi connectivity index (χ2n) is 7.29. The predicted molar refractivity (Wildman–Crippen MR) is 110 cm³/mol. The lowest BCUT2D eigenvalue weighted by molar-refractivity contribution is -0.137. The number of sulfonamides is 1. The third kappa shape index (κ3) is 5.50. The summed E-state index contributed by atoms with van der Waals surface area (Å²) >= 11 is 6.15. The summed E-state index contributed by atoms with van der Waals surface area (Å²) in [5, 5.41) is 0.0646. The topological polar surface area (TPSA) is 75.7 Å². The summed E-state index contributed by atoms with van der Waals surface area (Å²) in [7, 11) is -4.27. The SMILES string of the molecule is CC1CN(C(=O)c2cc(S(=O)(=O)Nc3cccc(C(F)(F)F)c3)ccc2Cl)CC(C)O1. The van der Waals surface area contributed by atoms with Gasteiger partial charge in [0, 0.05) is 18.8 Å². The van der Waals surface area contributed by atoms with E-state index in [0.717, 1.165) is 18.2 Å². The van der Waals surface area contributed by atoms with E-state index < -0.39 is 27.7 Å². The standard InChI is InChI=1S/C20H20ClF3N2O4S/c1-12-10-26(11-13(2)30-12)19(27)17-9-16(6-7-18(17)21)31(28,29)25-15-5-3-4-14(8-15)20(22,23)24/h3-9,12-13,25H,10-11H2,1-2H3. The molecule has 1 heterocycles. The van der Waals surface area contributed by atoms with Gasteiger partial charge in [-0.25, -0.2) is 8.42 Å². The molecule has 0 bridgehead atoms. The lowest BCUT2D eigenvalue weighted by Gasteiger charge is -2.35. The van der Waals surface area contributed by atoms with Crippen LogP contribution in [0.1, 0.15) is 29.8 Å². The van der Waals surface area contributed by atoms with Gasteiger partial charge in [0.2, 0.25) is 0 Å². The number of hydrogen-bond donors (Lipinski definition) is 1. The molecule has 1 fully saturated rings. The van der Waals surface area contributed by atoms with Crippen LogP contribution in [0.2, 0.25) is 5.02 Å². The van der Waals surface area contributed by atoms with Crippen LogP contribution in [0.4, 0.5) is 18.9 Å². The summed E-state index contributed by atoms with van der Waals surface area (Å²) in [6.45, 7) is 4.27. The summed E-state index contributed by atoms with van der Waals surface area (Å²) in [6, 6.07) is 7.38. The average Bonchev–Trinajstić information content (AvgIpc) is 2.66. The minimum atomic E-state index is -4.62. The Bertz CT molecular complexity index is 1080. The molecule has 2 atom stereocenters. The first-order chi connectivity index (χ1) is 14.4. The van der Waals surface area contributed by atoms with E-state index in [4.69, 9.17) is 16.3 Å². The zero-order valence-corrected chi connectivity index (χ0v) is 18.2. The van der Waals surface area contributed by atoms with E-state index in [1.807, 2.05) is 13.8 Å². The second-order valence-corrected chi connectivity index (χ2v) is 9.38. The highest BCUT2D eigenvalue weighted by atomic mass is 35.5. The van der Waals surface area contributed by atoms with Crippen LogP contribution in [0, 0.1) is 0 Å². The molecule has 1 saturated heterocycles. The van der Waals surface area contributed by atoms with E-state index in [1.165, 1.54) is 23.1 Å². The maximum atomic E-state index is 12.9. The first-order valence-corrected chi connectivity index (χ1v) is 11.2. The molecule has 1 N–H and O–H groups in total. The van der Waals surface area contributed by atoms with Gasteiger partial charge in [-0.2, -0.15) is 13.2 Å². The van der Waals surface area contributed by atoms with Crippen molar-refractivity contribution >= 4 is 33.2 Å². The molecule has 31 heavy (non-hydrogen) atoms. The number of halogens is 4. The van der Waals surface area contributed by atoms with Crippen molar-refractivity contribution in [2.75, 3.05) is 17.8 Å². The van der Waals surface area contributed by atoms with Crippen LogP contribution in [0.15, 0.2) is 47.4 Å². The van der Waals surface area contributed by atoms with Crippen molar-refractivity contribution in [1.29, 1.82) is 0 Å². The van der Waals surface area contributed by atoms with Crippen LogP contribution < -0.4 is 4.72 Å². The van der Waals surface area contributed by atoms with E-state index in [2.05, 4.69) is 4.72 Å². The van der Waals surface area contributed by atoms with Gasteiger partial charge >= 0.3 is 6.18 Å². The zero-order chi connectivity index (χ0) is 23.0. The maximum absolute atomic E-state index is 12.9. The van der Waals surface area contributed by atoms with Gasteiger partial charge in [-0.15, -0.1) is 0 Å². The van der Waals surface area contributed by atoms with Gasteiger partial charge in [0.15, 0.2) is 0 Å². The van der Waals surface area contributed by atoms with Gasteiger partial charge in [0.25, 0.3) is 15.9 Å². The highest BCUT2D eigenvalue weighted by Gasteiger charge is 2.31. The number of amides is 1. The normalized spacial score (nSPS) is 19.9. The largest absolute Gasteiger partial charge is 0.416 e. The molecular weight excluding hydrogens is 457 g/mol. The Kier molecular flexibility index (Phi) is 6.54. The van der Waals surface area contributed by atoms with E-state index in [-0.39, 0.29) is 33.4 Å². The maximum Gasteiger partial charge on any atom is 0.416 e. The fourth-order valence-electron chi connectivity index (χ4n) is 3.32. The molecule has 1 aliphatic heterocycles. The molecule has 2 aromatic rings. The minimum Gasteiger partial charge on any atom is -0.372 e. The van der Waals surface area contributed by atoms with Crippen molar-refractivity contribution in [3.8, 4) is 0 Å². The van der Waals surface area contributed by atoms with E-state index in [1.54, 1.807) is 0 Å². The number of rotatable bonds is 4. The molecular formula is C20H20ClF3N2O4S. The number of nitrogens with one attached hydrogen (secondary N) is 1. The predicted octanol–water partition coefficient (Wildman–Crippen LogP) is 4.41. The zero-order valence-electron chi connectivity index (χ0n) is 16.6. The van der Waals surface area contributed by atoms with Crippen LogP contribution in [-0.4, -0.2) is 44.5 Å². The van der Waals surface area contributed by atoms with E-state index in [9.17, 15) is 26.4 Å². The average molecular weight is 477 g/mol. The van der Waals surface area contributed by atoms with Crippen LogP contribution >= 0.6 is 11.6 Å². The van der Waals surface area contributed by atoms with Crippen LogP contribution in [0.5, 0.6) is 0 Å². The van der Waals surface area contributed by atoms with E-state index in [0.29, 0.717) is 19.2 Å². The fourth-order valence-corrected chi connectivity index (χ4v) is 4.60. The number of hydrogen-bond acceptors (Lipinski definition) is 4. The molecule has 1 amide bonds. The number of benzene rings is 2. The number of morpholine rings is 1. The van der Waals surface area contributed by atoms with Crippen molar-refractivity contribution in [1.82, 2.24) is 4.90 Å². The Labute approximate surface area is 183 Å². The first kappa shape index (κ1) is 23.4. The summed E-state index contributed by atoms with van der Waals surface area (Å²) in [5.74, 6) is -0.455. The molecule has 2 unspecified atom stereocenters. The molecule has 1 aliphatic rings. The second kappa shape index (κ2) is 8.68. The smallest absolute Gasteiger partial charge is 0.372 e. The Balaban J connectivity index is 1.89. The van der Waals surface area contributed by atoms with Gasteiger partial charge in [0.1, 0.15) is 0 Å². The molecule has 0 saturated carbocycles. The van der Waals surface area contributed by atoms with Crippen molar-refractivity contribution in [3.05, 3.63) is 58.6 Å². The number of carbonyl (C=O) groups excluding carboxylic acids is 1. The monoisotopic (exact) mass is 476 g/mol. The summed E-state index contributed by atoms with van der Waals surface area (Å²) < 4.78 is 71.9. The number of nitrogens with zero attached hydrogens (tertiary/aromatic N) is 1. The fraction of sp³-hybridized carbons (Fsp3) is 0.350. The third-order valence-electron chi connectivity index (χ3n) is 4.63. The number of ether oxygens (including phenoxy) is 1. The molecule has 168 valence electrons. The quantitative estimate of drug-likeness (QED) is 0.709. The summed E-state index contributed by atoms with van der Waals surface area (Å²) in [5.41, 5.74) is -1.27. The van der Waals surface area contributed by atoms with Crippen LogP contribution in [0.25, 0.3) is 0 Å². The van der Waals surface area contributed by atoms with Crippen molar-refractivity contribution < 1.29 is 31.1 Å². The lowest BCUT2D eigenvalue weighted by Crippen LogP contribution is -2.48. The summed E-state index contributed by atoms with van der Waals surface area (Å²) in [4.78, 5) is 14.2. The van der Waals surface area contributed by atoms with Crippen molar-refractivity contribution in [2.24, 2.45) is 0 Å². The Morgan fingerprint density at radius 3 is 2.39 bits per heavy atom. The Hall–Kier alpha value is -2.30. The number of carbonyl (C=O) groups is 1. The first-order valence-electron chi connectivity index (χ1n) is 9.31. The highest BCUT2D eigenvalue weighted by Crippen LogP contribution is 2.31. The van der Waals surface area contributed by atoms with E-state index >= 15 is 0 Å². The van der Waals surface area contributed by atoms with Gasteiger partial charge < -0.3 is 9.64 Å². The molecule has 0 spiro atoms.